The van der Waals surface area contributed by atoms with Crippen LogP contribution in [0.2, 0.25) is 0 Å². The molecule has 0 saturated carbocycles. The normalized spacial score (nSPS) is 15.4. The van der Waals surface area contributed by atoms with Crippen molar-refractivity contribution in [3.8, 4) is 17.0 Å². The fraction of sp³-hybridized carbons (Fsp3) is 0.261. The van der Waals surface area contributed by atoms with E-state index in [1.54, 1.807) is 12.1 Å². The Morgan fingerprint density at radius 3 is 2.57 bits per heavy atom. The minimum Gasteiger partial charge on any atom is -0.508 e. The molecule has 0 radical (unpaired) electrons. The zero-order valence-electron chi connectivity index (χ0n) is 16.8. The summed E-state index contributed by atoms with van der Waals surface area (Å²) in [6.45, 7) is 4.94. The third-order valence-electron chi connectivity index (χ3n) is 5.52. The van der Waals surface area contributed by atoms with Crippen LogP contribution in [-0.4, -0.2) is 50.9 Å². The van der Waals surface area contributed by atoms with Crippen LogP contribution in [0.1, 0.15) is 18.5 Å². The highest BCUT2D eigenvalue weighted by atomic mass is 16.5. The number of ether oxygens (including phenoxy) is 1. The van der Waals surface area contributed by atoms with Crippen molar-refractivity contribution in [2.45, 2.75) is 13.0 Å². The molecule has 152 valence electrons. The standard InChI is InChI=1S/C23H23N5O2/c1-16(17-6-3-2-4-7-17)28-15-24-21-20(18-8-5-9-19(29)14-18)25-23(26-22(21)28)27-10-12-30-13-11-27/h2-9,14-16,29H,10-13H2,1H3. The Morgan fingerprint density at radius 1 is 1.00 bits per heavy atom. The highest BCUT2D eigenvalue weighted by molar-refractivity contribution is 5.89. The molecular weight excluding hydrogens is 378 g/mol. The number of morpholine rings is 1. The summed E-state index contributed by atoms with van der Waals surface area (Å²) in [4.78, 5) is 16.6. The van der Waals surface area contributed by atoms with Crippen molar-refractivity contribution >= 4 is 17.1 Å². The van der Waals surface area contributed by atoms with Gasteiger partial charge in [-0.25, -0.2) is 9.97 Å². The molecule has 0 aliphatic carbocycles. The second-order valence-electron chi connectivity index (χ2n) is 7.43. The van der Waals surface area contributed by atoms with Gasteiger partial charge in [0.1, 0.15) is 17.0 Å². The van der Waals surface area contributed by atoms with Crippen molar-refractivity contribution in [1.29, 1.82) is 0 Å². The number of phenolic OH excluding ortho intramolecular Hbond substituents is 1. The summed E-state index contributed by atoms with van der Waals surface area (Å²) in [6, 6.07) is 17.5. The molecule has 1 unspecified atom stereocenters. The number of aromatic nitrogens is 4. The van der Waals surface area contributed by atoms with Gasteiger partial charge in [-0.15, -0.1) is 0 Å². The third-order valence-corrected chi connectivity index (χ3v) is 5.52. The van der Waals surface area contributed by atoms with Crippen LogP contribution >= 0.6 is 0 Å². The first-order valence-electron chi connectivity index (χ1n) is 10.1. The Labute approximate surface area is 174 Å². The molecule has 1 aliphatic rings. The van der Waals surface area contributed by atoms with Gasteiger partial charge in [0.15, 0.2) is 5.65 Å². The molecule has 1 saturated heterocycles. The number of aromatic hydroxyl groups is 1. The van der Waals surface area contributed by atoms with Crippen LogP contribution in [0.25, 0.3) is 22.4 Å². The molecule has 7 heteroatoms. The van der Waals surface area contributed by atoms with Crippen molar-refractivity contribution in [3.63, 3.8) is 0 Å². The van der Waals surface area contributed by atoms with Gasteiger partial charge in [-0.2, -0.15) is 4.98 Å². The number of hydrogen-bond donors (Lipinski definition) is 1. The SMILES string of the molecule is CC(c1ccccc1)n1cnc2c(-c3cccc(O)c3)nc(N3CCOCC3)nc21. The summed E-state index contributed by atoms with van der Waals surface area (Å²) >= 11 is 0. The molecule has 1 atom stereocenters. The van der Waals surface area contributed by atoms with Crippen LogP contribution in [0.15, 0.2) is 60.9 Å². The topological polar surface area (TPSA) is 76.3 Å². The van der Waals surface area contributed by atoms with Crippen molar-refractivity contribution in [2.24, 2.45) is 0 Å². The number of imidazole rings is 1. The third kappa shape index (κ3) is 3.37. The average molecular weight is 401 g/mol. The summed E-state index contributed by atoms with van der Waals surface area (Å²) in [5.41, 5.74) is 4.22. The molecule has 30 heavy (non-hydrogen) atoms. The quantitative estimate of drug-likeness (QED) is 0.563. The first kappa shape index (κ1) is 18.6. The van der Waals surface area contributed by atoms with E-state index in [0.717, 1.165) is 35.5 Å². The Bertz CT molecular complexity index is 1170. The molecule has 0 amide bonds. The van der Waals surface area contributed by atoms with Crippen LogP contribution in [0.5, 0.6) is 5.75 Å². The van der Waals surface area contributed by atoms with Gasteiger partial charge < -0.3 is 19.3 Å². The Morgan fingerprint density at radius 2 is 1.80 bits per heavy atom. The van der Waals surface area contributed by atoms with Gasteiger partial charge >= 0.3 is 0 Å². The highest BCUT2D eigenvalue weighted by Crippen LogP contribution is 2.31. The molecule has 7 nitrogen and oxygen atoms in total. The summed E-state index contributed by atoms with van der Waals surface area (Å²) in [6.07, 6.45) is 1.83. The predicted octanol–water partition coefficient (Wildman–Crippen LogP) is 3.64. The smallest absolute Gasteiger partial charge is 0.228 e. The van der Waals surface area contributed by atoms with Crippen LogP contribution < -0.4 is 4.90 Å². The van der Waals surface area contributed by atoms with E-state index in [2.05, 4.69) is 33.5 Å². The fourth-order valence-corrected chi connectivity index (χ4v) is 3.84. The first-order valence-corrected chi connectivity index (χ1v) is 10.1. The van der Waals surface area contributed by atoms with Crippen molar-refractivity contribution in [3.05, 3.63) is 66.5 Å². The van der Waals surface area contributed by atoms with Gasteiger partial charge in [-0.05, 0) is 24.6 Å². The number of benzene rings is 2. The molecule has 2 aromatic heterocycles. The van der Waals surface area contributed by atoms with Gasteiger partial charge in [-0.3, -0.25) is 0 Å². The van der Waals surface area contributed by atoms with E-state index in [4.69, 9.17) is 14.7 Å². The van der Waals surface area contributed by atoms with Gasteiger partial charge in [0.2, 0.25) is 5.95 Å². The van der Waals surface area contributed by atoms with E-state index >= 15 is 0 Å². The monoisotopic (exact) mass is 401 g/mol. The molecule has 0 bridgehead atoms. The predicted molar refractivity (Wildman–Crippen MR) is 116 cm³/mol. The molecular formula is C23H23N5O2. The maximum Gasteiger partial charge on any atom is 0.228 e. The van der Waals surface area contributed by atoms with Crippen molar-refractivity contribution in [1.82, 2.24) is 19.5 Å². The molecule has 2 aromatic carbocycles. The molecule has 0 spiro atoms. The van der Waals surface area contributed by atoms with Crippen LogP contribution in [-0.2, 0) is 4.74 Å². The lowest BCUT2D eigenvalue weighted by Crippen LogP contribution is -2.37. The maximum absolute atomic E-state index is 10.0. The van der Waals surface area contributed by atoms with Crippen molar-refractivity contribution in [2.75, 3.05) is 31.2 Å². The van der Waals surface area contributed by atoms with Gasteiger partial charge in [0.25, 0.3) is 0 Å². The lowest BCUT2D eigenvalue weighted by atomic mass is 10.1. The lowest BCUT2D eigenvalue weighted by molar-refractivity contribution is 0.122. The van der Waals surface area contributed by atoms with Gasteiger partial charge in [0.05, 0.1) is 25.6 Å². The number of anilines is 1. The highest BCUT2D eigenvalue weighted by Gasteiger charge is 2.22. The van der Waals surface area contributed by atoms with E-state index in [9.17, 15) is 5.11 Å². The minimum absolute atomic E-state index is 0.0701. The fourth-order valence-electron chi connectivity index (χ4n) is 3.84. The van der Waals surface area contributed by atoms with E-state index < -0.39 is 0 Å². The second-order valence-corrected chi connectivity index (χ2v) is 7.43. The number of nitrogens with zero attached hydrogens (tertiary/aromatic N) is 5. The Kier molecular flexibility index (Phi) is 4.80. The summed E-state index contributed by atoms with van der Waals surface area (Å²) in [5.74, 6) is 0.857. The van der Waals surface area contributed by atoms with E-state index in [-0.39, 0.29) is 11.8 Å². The molecule has 4 aromatic rings. The molecule has 5 rings (SSSR count). The van der Waals surface area contributed by atoms with E-state index in [1.165, 1.54) is 5.56 Å². The van der Waals surface area contributed by atoms with E-state index in [1.807, 2.05) is 36.7 Å². The first-order chi connectivity index (χ1) is 14.7. The zero-order valence-corrected chi connectivity index (χ0v) is 16.8. The largest absolute Gasteiger partial charge is 0.508 e. The van der Waals surface area contributed by atoms with Crippen molar-refractivity contribution < 1.29 is 9.84 Å². The minimum atomic E-state index is 0.0701. The maximum atomic E-state index is 10.0. The van der Waals surface area contributed by atoms with Crippen LogP contribution in [0.4, 0.5) is 5.95 Å². The molecule has 3 heterocycles. The molecule has 1 N–H and O–H groups in total. The number of hydrogen-bond acceptors (Lipinski definition) is 6. The number of fused-ring (bicyclic) bond motifs is 1. The van der Waals surface area contributed by atoms with Gasteiger partial charge in [0, 0.05) is 18.7 Å². The summed E-state index contributed by atoms with van der Waals surface area (Å²) < 4.78 is 7.58. The summed E-state index contributed by atoms with van der Waals surface area (Å²) in [5, 5.41) is 10.0. The second kappa shape index (κ2) is 7.76. The average Bonchev–Trinajstić information content (AvgIpc) is 3.23. The van der Waals surface area contributed by atoms with E-state index in [0.29, 0.717) is 19.2 Å². The Balaban J connectivity index is 1.69. The van der Waals surface area contributed by atoms with Crippen LogP contribution in [0, 0.1) is 0 Å². The molecule has 1 aliphatic heterocycles. The molecule has 1 fully saturated rings. The summed E-state index contributed by atoms with van der Waals surface area (Å²) in [7, 11) is 0. The van der Waals surface area contributed by atoms with Gasteiger partial charge in [-0.1, -0.05) is 42.5 Å². The zero-order chi connectivity index (χ0) is 20.5. The number of rotatable bonds is 4. The number of phenols is 1. The van der Waals surface area contributed by atoms with Crippen LogP contribution in [0.3, 0.4) is 0 Å². The Hall–Kier alpha value is -3.45. The lowest BCUT2D eigenvalue weighted by Gasteiger charge is -2.27.